The van der Waals surface area contributed by atoms with Crippen molar-refractivity contribution in [1.82, 2.24) is 15.3 Å². The summed E-state index contributed by atoms with van der Waals surface area (Å²) < 4.78 is 4.97. The van der Waals surface area contributed by atoms with Gasteiger partial charge in [0, 0.05) is 6.54 Å². The summed E-state index contributed by atoms with van der Waals surface area (Å²) in [5.41, 5.74) is 0. The monoisotopic (exact) mass is 210 g/mol. The number of anilines is 1. The van der Waals surface area contributed by atoms with E-state index in [-0.39, 0.29) is 0 Å². The number of hydrogen-bond donors (Lipinski definition) is 2. The summed E-state index contributed by atoms with van der Waals surface area (Å²) in [5, 5.41) is 6.28. The normalized spacial score (nSPS) is 12.2. The van der Waals surface area contributed by atoms with E-state index in [9.17, 15) is 0 Å². The minimum atomic E-state index is 0.542. The summed E-state index contributed by atoms with van der Waals surface area (Å²) in [6, 6.07) is 0. The van der Waals surface area contributed by atoms with Crippen LogP contribution >= 0.6 is 0 Å². The maximum absolute atomic E-state index is 4.97. The predicted octanol–water partition coefficient (Wildman–Crippen LogP) is 0.753. The molecule has 0 bridgehead atoms. The molecule has 1 aromatic heterocycles. The van der Waals surface area contributed by atoms with Crippen LogP contribution in [0.1, 0.15) is 6.92 Å². The zero-order valence-electron chi connectivity index (χ0n) is 9.45. The molecular weight excluding hydrogens is 192 g/mol. The molecule has 84 valence electrons. The lowest BCUT2D eigenvalue weighted by molar-refractivity contribution is 0.411. The van der Waals surface area contributed by atoms with E-state index in [4.69, 9.17) is 4.74 Å². The number of methoxy groups -OCH3 is 1. The molecule has 1 aromatic rings. The number of hydrogen-bond acceptors (Lipinski definition) is 5. The lowest BCUT2D eigenvalue weighted by Gasteiger charge is -2.11. The zero-order valence-corrected chi connectivity index (χ0v) is 9.45. The molecule has 5 nitrogen and oxygen atoms in total. The van der Waals surface area contributed by atoms with E-state index in [1.54, 1.807) is 19.5 Å². The van der Waals surface area contributed by atoms with E-state index in [2.05, 4.69) is 27.5 Å². The van der Waals surface area contributed by atoms with Crippen LogP contribution in [0.15, 0.2) is 12.4 Å². The Labute approximate surface area is 90.3 Å². The Morgan fingerprint density at radius 1 is 1.33 bits per heavy atom. The van der Waals surface area contributed by atoms with Gasteiger partial charge in [0.1, 0.15) is 0 Å². The molecule has 0 aliphatic heterocycles. The van der Waals surface area contributed by atoms with Gasteiger partial charge in [-0.05, 0) is 19.5 Å². The Morgan fingerprint density at radius 3 is 2.53 bits per heavy atom. The summed E-state index contributed by atoms with van der Waals surface area (Å²) in [4.78, 5) is 8.23. The van der Waals surface area contributed by atoms with Crippen molar-refractivity contribution in [2.24, 2.45) is 5.92 Å². The fourth-order valence-electron chi connectivity index (χ4n) is 1.20. The Balaban J connectivity index is 2.37. The van der Waals surface area contributed by atoms with E-state index in [1.807, 2.05) is 7.05 Å². The Bertz CT molecular complexity index is 275. The lowest BCUT2D eigenvalue weighted by atomic mass is 10.2. The van der Waals surface area contributed by atoms with Crippen LogP contribution in [0.25, 0.3) is 0 Å². The highest BCUT2D eigenvalue weighted by Gasteiger charge is 2.01. The van der Waals surface area contributed by atoms with Crippen LogP contribution in [0, 0.1) is 5.92 Å². The zero-order chi connectivity index (χ0) is 11.1. The molecule has 15 heavy (non-hydrogen) atoms. The minimum Gasteiger partial charge on any atom is -0.494 e. The minimum absolute atomic E-state index is 0.542. The first-order chi connectivity index (χ1) is 7.26. The Kier molecular flexibility index (Phi) is 4.83. The van der Waals surface area contributed by atoms with E-state index in [0.29, 0.717) is 17.6 Å². The molecular formula is C10H18N4O. The van der Waals surface area contributed by atoms with E-state index >= 15 is 0 Å². The molecule has 0 aliphatic carbocycles. The highest BCUT2D eigenvalue weighted by Crippen LogP contribution is 2.07. The molecule has 0 fully saturated rings. The predicted molar refractivity (Wildman–Crippen MR) is 60.2 cm³/mol. The summed E-state index contributed by atoms with van der Waals surface area (Å²) in [5.74, 6) is 1.85. The molecule has 0 spiro atoms. The van der Waals surface area contributed by atoms with E-state index in [0.717, 1.165) is 13.1 Å². The van der Waals surface area contributed by atoms with Gasteiger partial charge in [-0.15, -0.1) is 0 Å². The summed E-state index contributed by atoms with van der Waals surface area (Å²) in [6.07, 6.45) is 3.30. The fraction of sp³-hybridized carbons (Fsp3) is 0.600. The maximum Gasteiger partial charge on any atom is 0.222 e. The van der Waals surface area contributed by atoms with E-state index < -0.39 is 0 Å². The van der Waals surface area contributed by atoms with Crippen LogP contribution in [-0.4, -0.2) is 37.2 Å². The third-order valence-electron chi connectivity index (χ3n) is 2.03. The van der Waals surface area contributed by atoms with Crippen molar-refractivity contribution >= 4 is 5.95 Å². The maximum atomic E-state index is 4.97. The SMILES string of the molecule is CNCC(C)CNc1ncc(OC)cn1. The molecule has 1 atom stereocenters. The molecule has 0 saturated carbocycles. The second kappa shape index (κ2) is 6.19. The molecule has 0 saturated heterocycles. The van der Waals surface area contributed by atoms with Crippen LogP contribution < -0.4 is 15.4 Å². The fourth-order valence-corrected chi connectivity index (χ4v) is 1.20. The van der Waals surface area contributed by atoms with Crippen LogP contribution in [0.4, 0.5) is 5.95 Å². The van der Waals surface area contributed by atoms with Crippen molar-refractivity contribution in [3.63, 3.8) is 0 Å². The van der Waals surface area contributed by atoms with Crippen molar-refractivity contribution in [2.45, 2.75) is 6.92 Å². The largest absolute Gasteiger partial charge is 0.494 e. The first-order valence-electron chi connectivity index (χ1n) is 5.00. The molecule has 1 unspecified atom stereocenters. The van der Waals surface area contributed by atoms with Gasteiger partial charge in [0.25, 0.3) is 0 Å². The van der Waals surface area contributed by atoms with E-state index in [1.165, 1.54) is 0 Å². The molecule has 5 heteroatoms. The van der Waals surface area contributed by atoms with Crippen molar-refractivity contribution in [1.29, 1.82) is 0 Å². The molecule has 0 radical (unpaired) electrons. The van der Waals surface area contributed by atoms with Crippen molar-refractivity contribution < 1.29 is 4.74 Å². The first kappa shape index (κ1) is 11.7. The standard InChI is InChI=1S/C10H18N4O/c1-8(4-11-2)5-12-10-13-6-9(15-3)7-14-10/h6-8,11H,4-5H2,1-3H3,(H,12,13,14). The first-order valence-corrected chi connectivity index (χ1v) is 5.00. The van der Waals surface area contributed by atoms with Crippen molar-refractivity contribution in [3.8, 4) is 5.75 Å². The van der Waals surface area contributed by atoms with Gasteiger partial charge < -0.3 is 15.4 Å². The third-order valence-corrected chi connectivity index (χ3v) is 2.03. The third kappa shape index (κ3) is 4.12. The van der Waals surface area contributed by atoms with Gasteiger partial charge in [0.2, 0.25) is 5.95 Å². The number of rotatable bonds is 6. The van der Waals surface area contributed by atoms with Gasteiger partial charge in [-0.1, -0.05) is 6.92 Å². The van der Waals surface area contributed by atoms with Crippen LogP contribution in [-0.2, 0) is 0 Å². The Morgan fingerprint density at radius 2 is 2.00 bits per heavy atom. The van der Waals surface area contributed by atoms with Gasteiger partial charge in [-0.25, -0.2) is 9.97 Å². The van der Waals surface area contributed by atoms with Gasteiger partial charge in [0.05, 0.1) is 19.5 Å². The quantitative estimate of drug-likeness (QED) is 0.725. The highest BCUT2D eigenvalue weighted by molar-refractivity contribution is 5.26. The van der Waals surface area contributed by atoms with Crippen molar-refractivity contribution in [2.75, 3.05) is 32.6 Å². The summed E-state index contributed by atoms with van der Waals surface area (Å²) in [7, 11) is 3.54. The molecule has 0 aromatic carbocycles. The van der Waals surface area contributed by atoms with Crippen LogP contribution in [0.3, 0.4) is 0 Å². The van der Waals surface area contributed by atoms with Crippen LogP contribution in [0.5, 0.6) is 5.75 Å². The molecule has 2 N–H and O–H groups in total. The van der Waals surface area contributed by atoms with Gasteiger partial charge in [-0.3, -0.25) is 0 Å². The van der Waals surface area contributed by atoms with Gasteiger partial charge in [0.15, 0.2) is 5.75 Å². The topological polar surface area (TPSA) is 59.1 Å². The van der Waals surface area contributed by atoms with Crippen molar-refractivity contribution in [3.05, 3.63) is 12.4 Å². The average Bonchev–Trinajstić information content (AvgIpc) is 2.27. The second-order valence-corrected chi connectivity index (χ2v) is 3.49. The molecule has 1 rings (SSSR count). The molecule has 0 aliphatic rings. The molecule has 1 heterocycles. The number of nitrogens with one attached hydrogen (secondary N) is 2. The number of aromatic nitrogens is 2. The van der Waals surface area contributed by atoms with Gasteiger partial charge >= 0.3 is 0 Å². The number of ether oxygens (including phenoxy) is 1. The van der Waals surface area contributed by atoms with Gasteiger partial charge in [-0.2, -0.15) is 0 Å². The number of nitrogens with zero attached hydrogens (tertiary/aromatic N) is 2. The summed E-state index contributed by atoms with van der Waals surface area (Å²) in [6.45, 7) is 3.99. The molecule has 0 amide bonds. The smallest absolute Gasteiger partial charge is 0.222 e. The second-order valence-electron chi connectivity index (χ2n) is 3.49. The average molecular weight is 210 g/mol. The summed E-state index contributed by atoms with van der Waals surface area (Å²) >= 11 is 0. The highest BCUT2D eigenvalue weighted by atomic mass is 16.5. The van der Waals surface area contributed by atoms with Crippen LogP contribution in [0.2, 0.25) is 0 Å². The lowest BCUT2D eigenvalue weighted by Crippen LogP contribution is -2.23. The Hall–Kier alpha value is -1.36.